The van der Waals surface area contributed by atoms with Crippen molar-refractivity contribution in [2.45, 2.75) is 13.8 Å². The van der Waals surface area contributed by atoms with Gasteiger partial charge >= 0.3 is 0 Å². The van der Waals surface area contributed by atoms with Gasteiger partial charge in [0.1, 0.15) is 23.9 Å². The quantitative estimate of drug-likeness (QED) is 0.350. The number of aromatic hydroxyl groups is 2. The highest BCUT2D eigenvalue weighted by Gasteiger charge is 2.22. The number of phenols is 2. The van der Waals surface area contributed by atoms with Crippen LogP contribution in [0.3, 0.4) is 0 Å². The van der Waals surface area contributed by atoms with Crippen molar-refractivity contribution in [2.75, 3.05) is 26.6 Å². The summed E-state index contributed by atoms with van der Waals surface area (Å²) in [6.45, 7) is 4.43. The number of allylic oxidation sites excluding steroid dienone is 1. The van der Waals surface area contributed by atoms with Crippen LogP contribution < -0.4 is 19.9 Å². The molecule has 0 saturated heterocycles. The van der Waals surface area contributed by atoms with Crippen molar-refractivity contribution in [3.8, 4) is 51.0 Å². The zero-order valence-electron chi connectivity index (χ0n) is 18.1. The van der Waals surface area contributed by atoms with E-state index in [1.165, 1.54) is 14.2 Å². The summed E-state index contributed by atoms with van der Waals surface area (Å²) in [6.07, 6.45) is 1.97. The fourth-order valence-corrected chi connectivity index (χ4v) is 3.26. The van der Waals surface area contributed by atoms with Crippen LogP contribution in [0.4, 0.5) is 5.69 Å². The van der Waals surface area contributed by atoms with Crippen molar-refractivity contribution < 1.29 is 24.4 Å². The van der Waals surface area contributed by atoms with Crippen LogP contribution in [0.2, 0.25) is 0 Å². The lowest BCUT2D eigenvalue weighted by Crippen LogP contribution is -1.99. The van der Waals surface area contributed by atoms with E-state index in [1.807, 2.05) is 26.0 Å². The van der Waals surface area contributed by atoms with Crippen molar-refractivity contribution in [1.29, 1.82) is 0 Å². The van der Waals surface area contributed by atoms with Crippen molar-refractivity contribution >= 4 is 5.69 Å². The molecule has 0 aliphatic heterocycles. The number of hydrogen-bond donors (Lipinski definition) is 3. The minimum atomic E-state index is -0.0671. The Morgan fingerprint density at radius 2 is 1.58 bits per heavy atom. The van der Waals surface area contributed by atoms with E-state index in [-0.39, 0.29) is 11.5 Å². The van der Waals surface area contributed by atoms with Crippen molar-refractivity contribution in [1.82, 2.24) is 0 Å². The Balaban J connectivity index is 2.08. The van der Waals surface area contributed by atoms with Gasteiger partial charge in [-0.3, -0.25) is 0 Å². The third kappa shape index (κ3) is 4.69. The molecule has 0 fully saturated rings. The molecule has 3 aromatic rings. The lowest BCUT2D eigenvalue weighted by molar-refractivity contribution is 0.364. The largest absolute Gasteiger partial charge is 0.508 e. The van der Waals surface area contributed by atoms with Crippen LogP contribution in [0, 0.1) is 0 Å². The molecule has 0 unspecified atom stereocenters. The molecule has 0 heterocycles. The molecule has 0 amide bonds. The number of benzene rings is 3. The van der Waals surface area contributed by atoms with Gasteiger partial charge < -0.3 is 30.2 Å². The molecule has 0 spiro atoms. The molecule has 6 heteroatoms. The predicted octanol–water partition coefficient (Wildman–Crippen LogP) is 5.38. The zero-order chi connectivity index (χ0) is 22.5. The monoisotopic (exact) mass is 421 g/mol. The Hall–Kier alpha value is -3.80. The third-order valence-corrected chi connectivity index (χ3v) is 4.85. The van der Waals surface area contributed by atoms with Crippen LogP contribution in [0.15, 0.2) is 60.2 Å². The SMILES string of the molecule is COc1cc(-c2ccc(O)cc2)c(OC)c(O)c1-c1ccc(OCC=C(C)C)c(N)c1. The van der Waals surface area contributed by atoms with Crippen LogP contribution in [0.25, 0.3) is 22.3 Å². The molecule has 31 heavy (non-hydrogen) atoms. The first-order chi connectivity index (χ1) is 14.8. The second kappa shape index (κ2) is 9.34. The van der Waals surface area contributed by atoms with E-state index in [2.05, 4.69) is 0 Å². The molecule has 0 bridgehead atoms. The third-order valence-electron chi connectivity index (χ3n) is 4.85. The first-order valence-corrected chi connectivity index (χ1v) is 9.79. The first kappa shape index (κ1) is 21.9. The fourth-order valence-electron chi connectivity index (χ4n) is 3.26. The fraction of sp³-hybridized carbons (Fsp3) is 0.200. The van der Waals surface area contributed by atoms with Gasteiger partial charge in [0, 0.05) is 5.56 Å². The van der Waals surface area contributed by atoms with E-state index in [0.717, 1.165) is 11.1 Å². The van der Waals surface area contributed by atoms with Gasteiger partial charge in [-0.2, -0.15) is 0 Å². The molecule has 0 saturated carbocycles. The molecule has 162 valence electrons. The van der Waals surface area contributed by atoms with Gasteiger partial charge in [0.25, 0.3) is 0 Å². The summed E-state index contributed by atoms with van der Waals surface area (Å²) in [7, 11) is 3.02. The number of nitrogens with two attached hydrogens (primary N) is 1. The number of nitrogen functional groups attached to an aromatic ring is 1. The standard InChI is InChI=1S/C25H27NO5/c1-15(2)11-12-31-21-10-7-17(13-20(21)26)23-22(29-3)14-19(25(30-4)24(23)28)16-5-8-18(27)9-6-16/h5-11,13-14,27-28H,12,26H2,1-4H3. The number of anilines is 1. The van der Waals surface area contributed by atoms with E-state index < -0.39 is 0 Å². The van der Waals surface area contributed by atoms with Gasteiger partial charge in [-0.05, 0) is 61.4 Å². The summed E-state index contributed by atoms with van der Waals surface area (Å²) >= 11 is 0. The Labute approximate surface area is 182 Å². The van der Waals surface area contributed by atoms with Gasteiger partial charge in [0.15, 0.2) is 11.5 Å². The minimum absolute atomic E-state index is 0.0671. The number of methoxy groups -OCH3 is 2. The molecule has 3 aromatic carbocycles. The molecule has 3 rings (SSSR count). The van der Waals surface area contributed by atoms with E-state index in [0.29, 0.717) is 46.2 Å². The van der Waals surface area contributed by atoms with Gasteiger partial charge in [-0.1, -0.05) is 23.8 Å². The maximum absolute atomic E-state index is 11.1. The molecule has 6 nitrogen and oxygen atoms in total. The van der Waals surface area contributed by atoms with E-state index in [4.69, 9.17) is 19.9 Å². The van der Waals surface area contributed by atoms with E-state index >= 15 is 0 Å². The van der Waals surface area contributed by atoms with Crippen LogP contribution in [0.1, 0.15) is 13.8 Å². The highest BCUT2D eigenvalue weighted by molar-refractivity contribution is 5.88. The predicted molar refractivity (Wildman–Crippen MR) is 123 cm³/mol. The first-order valence-electron chi connectivity index (χ1n) is 9.79. The number of phenolic OH excluding ortho intramolecular Hbond substituents is 2. The van der Waals surface area contributed by atoms with Crippen LogP contribution in [-0.2, 0) is 0 Å². The number of hydrogen-bond acceptors (Lipinski definition) is 6. The topological polar surface area (TPSA) is 94.2 Å². The van der Waals surface area contributed by atoms with Crippen molar-refractivity contribution in [3.63, 3.8) is 0 Å². The van der Waals surface area contributed by atoms with Crippen LogP contribution >= 0.6 is 0 Å². The van der Waals surface area contributed by atoms with Crippen molar-refractivity contribution in [3.05, 3.63) is 60.2 Å². The average molecular weight is 421 g/mol. The Morgan fingerprint density at radius 1 is 0.903 bits per heavy atom. The summed E-state index contributed by atoms with van der Waals surface area (Å²) in [4.78, 5) is 0. The molecular formula is C25H27NO5. The molecule has 0 radical (unpaired) electrons. The van der Waals surface area contributed by atoms with Gasteiger partial charge in [0.05, 0.1) is 25.5 Å². The minimum Gasteiger partial charge on any atom is -0.508 e. The maximum Gasteiger partial charge on any atom is 0.170 e. The summed E-state index contributed by atoms with van der Waals surface area (Å²) in [5.41, 5.74) is 10.3. The normalized spacial score (nSPS) is 10.5. The van der Waals surface area contributed by atoms with Crippen molar-refractivity contribution in [2.24, 2.45) is 0 Å². The smallest absolute Gasteiger partial charge is 0.170 e. The molecule has 0 aliphatic carbocycles. The summed E-state index contributed by atoms with van der Waals surface area (Å²) in [5.74, 6) is 1.40. The molecule has 4 N–H and O–H groups in total. The summed E-state index contributed by atoms with van der Waals surface area (Å²) < 4.78 is 16.8. The second-order valence-electron chi connectivity index (χ2n) is 7.28. The maximum atomic E-state index is 11.1. The molecule has 0 aliphatic rings. The summed E-state index contributed by atoms with van der Waals surface area (Å²) in [5, 5.41) is 20.7. The zero-order valence-corrected chi connectivity index (χ0v) is 18.1. The van der Waals surface area contributed by atoms with E-state index in [9.17, 15) is 10.2 Å². The second-order valence-corrected chi connectivity index (χ2v) is 7.28. The highest BCUT2D eigenvalue weighted by Crippen LogP contribution is 2.50. The number of ether oxygens (including phenoxy) is 3. The number of rotatable bonds is 7. The van der Waals surface area contributed by atoms with Gasteiger partial charge in [-0.15, -0.1) is 0 Å². The molecule has 0 aromatic heterocycles. The molecule has 0 atom stereocenters. The Kier molecular flexibility index (Phi) is 6.60. The van der Waals surface area contributed by atoms with Crippen LogP contribution in [-0.4, -0.2) is 31.0 Å². The Morgan fingerprint density at radius 3 is 2.16 bits per heavy atom. The molecular weight excluding hydrogens is 394 g/mol. The highest BCUT2D eigenvalue weighted by atomic mass is 16.5. The van der Waals surface area contributed by atoms with E-state index in [1.54, 1.807) is 42.5 Å². The lowest BCUT2D eigenvalue weighted by atomic mass is 9.96. The lowest BCUT2D eigenvalue weighted by Gasteiger charge is -2.18. The van der Waals surface area contributed by atoms with Gasteiger partial charge in [0.2, 0.25) is 0 Å². The van der Waals surface area contributed by atoms with Gasteiger partial charge in [-0.25, -0.2) is 0 Å². The average Bonchev–Trinajstić information content (AvgIpc) is 2.74. The summed E-state index contributed by atoms with van der Waals surface area (Å²) in [6, 6.07) is 13.7. The Bertz CT molecular complexity index is 1100. The van der Waals surface area contributed by atoms with Crippen LogP contribution in [0.5, 0.6) is 28.7 Å².